The second-order valence-corrected chi connectivity index (χ2v) is 3.90. The molecule has 1 N–H and O–H groups in total. The van der Waals surface area contributed by atoms with Crippen molar-refractivity contribution < 1.29 is 0 Å². The number of rotatable bonds is 4. The summed E-state index contributed by atoms with van der Waals surface area (Å²) in [5, 5.41) is 4.10. The van der Waals surface area contributed by atoms with E-state index in [2.05, 4.69) is 19.7 Å². The number of nitrogens with one attached hydrogen (secondary N) is 1. The molecule has 0 unspecified atom stereocenters. The number of aromatic nitrogens is 3. The third-order valence-corrected chi connectivity index (χ3v) is 2.68. The fourth-order valence-electron chi connectivity index (χ4n) is 1.21. The van der Waals surface area contributed by atoms with Gasteiger partial charge in [0.25, 0.3) is 0 Å². The number of anilines is 1. The predicted molar refractivity (Wildman–Crippen MR) is 61.1 cm³/mol. The highest BCUT2D eigenvalue weighted by atomic mass is 32.1. The zero-order valence-corrected chi connectivity index (χ0v) is 9.29. The molecule has 0 fully saturated rings. The van der Waals surface area contributed by atoms with Gasteiger partial charge in [-0.05, 0) is 19.1 Å². The first-order chi connectivity index (χ1) is 7.34. The number of hydrogen-bond acceptors (Lipinski definition) is 5. The topological polar surface area (TPSA) is 50.7 Å². The molecular formula is C10H12N4S. The van der Waals surface area contributed by atoms with Crippen molar-refractivity contribution in [3.8, 4) is 0 Å². The van der Waals surface area contributed by atoms with Crippen molar-refractivity contribution in [2.45, 2.75) is 13.3 Å². The average molecular weight is 220 g/mol. The lowest BCUT2D eigenvalue weighted by molar-refractivity contribution is 0.957. The van der Waals surface area contributed by atoms with E-state index >= 15 is 0 Å². The summed E-state index contributed by atoms with van der Waals surface area (Å²) in [5.74, 6) is 0.820. The SMILES string of the molecule is Cc1nsc(NCCc2ccccn2)n1. The molecule has 5 heteroatoms. The first kappa shape index (κ1) is 10.0. The van der Waals surface area contributed by atoms with Crippen LogP contribution in [0.3, 0.4) is 0 Å². The first-order valence-corrected chi connectivity index (χ1v) is 5.56. The van der Waals surface area contributed by atoms with Crippen LogP contribution < -0.4 is 5.32 Å². The Morgan fingerprint density at radius 3 is 3.00 bits per heavy atom. The molecule has 0 aliphatic carbocycles. The molecule has 2 rings (SSSR count). The van der Waals surface area contributed by atoms with Crippen LogP contribution >= 0.6 is 11.5 Å². The lowest BCUT2D eigenvalue weighted by Gasteiger charge is -2.00. The van der Waals surface area contributed by atoms with Crippen molar-refractivity contribution in [2.75, 3.05) is 11.9 Å². The zero-order chi connectivity index (χ0) is 10.5. The van der Waals surface area contributed by atoms with E-state index in [1.807, 2.05) is 31.3 Å². The molecule has 0 radical (unpaired) electrons. The van der Waals surface area contributed by atoms with Crippen LogP contribution in [0.1, 0.15) is 11.5 Å². The van der Waals surface area contributed by atoms with Gasteiger partial charge in [0.1, 0.15) is 5.82 Å². The van der Waals surface area contributed by atoms with E-state index in [0.29, 0.717) is 0 Å². The lowest BCUT2D eigenvalue weighted by Crippen LogP contribution is -2.05. The fourth-order valence-corrected chi connectivity index (χ4v) is 1.81. The van der Waals surface area contributed by atoms with Crippen molar-refractivity contribution >= 4 is 16.7 Å². The molecule has 2 aromatic heterocycles. The molecule has 2 heterocycles. The Morgan fingerprint density at radius 2 is 2.33 bits per heavy atom. The molecule has 0 aliphatic rings. The van der Waals surface area contributed by atoms with E-state index < -0.39 is 0 Å². The van der Waals surface area contributed by atoms with Crippen LogP contribution in [0.25, 0.3) is 0 Å². The van der Waals surface area contributed by atoms with E-state index in [4.69, 9.17) is 0 Å². The molecule has 0 amide bonds. The van der Waals surface area contributed by atoms with Gasteiger partial charge in [0.05, 0.1) is 0 Å². The third-order valence-electron chi connectivity index (χ3n) is 1.91. The highest BCUT2D eigenvalue weighted by molar-refractivity contribution is 7.09. The average Bonchev–Trinajstić information content (AvgIpc) is 2.66. The van der Waals surface area contributed by atoms with Crippen molar-refractivity contribution in [3.05, 3.63) is 35.9 Å². The molecule has 0 aromatic carbocycles. The standard InChI is InChI=1S/C10H12N4S/c1-8-13-10(15-14-8)12-7-5-9-4-2-3-6-11-9/h2-4,6H,5,7H2,1H3,(H,12,13,14). The quantitative estimate of drug-likeness (QED) is 0.855. The van der Waals surface area contributed by atoms with Gasteiger partial charge in [-0.15, -0.1) is 0 Å². The van der Waals surface area contributed by atoms with Crippen LogP contribution in [0.5, 0.6) is 0 Å². The Morgan fingerprint density at radius 1 is 1.40 bits per heavy atom. The monoisotopic (exact) mass is 220 g/mol. The first-order valence-electron chi connectivity index (χ1n) is 4.79. The Kier molecular flexibility index (Phi) is 3.24. The molecule has 2 aromatic rings. The molecule has 0 saturated heterocycles. The second kappa shape index (κ2) is 4.84. The van der Waals surface area contributed by atoms with Gasteiger partial charge in [0, 0.05) is 36.4 Å². The van der Waals surface area contributed by atoms with Crippen LogP contribution in [0, 0.1) is 6.92 Å². The summed E-state index contributed by atoms with van der Waals surface area (Å²) in [6.07, 6.45) is 2.71. The maximum atomic E-state index is 4.24. The third kappa shape index (κ3) is 2.99. The smallest absolute Gasteiger partial charge is 0.202 e. The molecule has 15 heavy (non-hydrogen) atoms. The summed E-state index contributed by atoms with van der Waals surface area (Å²) < 4.78 is 4.09. The van der Waals surface area contributed by atoms with Gasteiger partial charge in [-0.2, -0.15) is 4.37 Å². The van der Waals surface area contributed by atoms with Crippen molar-refractivity contribution in [2.24, 2.45) is 0 Å². The van der Waals surface area contributed by atoms with Gasteiger partial charge in [-0.1, -0.05) is 6.07 Å². The van der Waals surface area contributed by atoms with E-state index in [1.165, 1.54) is 11.5 Å². The van der Waals surface area contributed by atoms with Crippen LogP contribution in [-0.2, 0) is 6.42 Å². The van der Waals surface area contributed by atoms with Crippen LogP contribution in [0.4, 0.5) is 5.13 Å². The maximum Gasteiger partial charge on any atom is 0.202 e. The number of aryl methyl sites for hydroxylation is 1. The molecule has 4 nitrogen and oxygen atoms in total. The summed E-state index contributed by atoms with van der Waals surface area (Å²) >= 11 is 1.39. The van der Waals surface area contributed by atoms with E-state index in [0.717, 1.165) is 29.6 Å². The molecule has 0 saturated carbocycles. The largest absolute Gasteiger partial charge is 0.360 e. The minimum absolute atomic E-state index is 0.820. The van der Waals surface area contributed by atoms with Gasteiger partial charge in [0.15, 0.2) is 0 Å². The van der Waals surface area contributed by atoms with Crippen LogP contribution in [0.15, 0.2) is 24.4 Å². The Balaban J connectivity index is 1.80. The lowest BCUT2D eigenvalue weighted by atomic mass is 10.3. The summed E-state index contributed by atoms with van der Waals surface area (Å²) in [5.41, 5.74) is 1.09. The molecule has 0 spiro atoms. The van der Waals surface area contributed by atoms with Gasteiger partial charge in [0.2, 0.25) is 5.13 Å². The van der Waals surface area contributed by atoms with Gasteiger partial charge < -0.3 is 5.32 Å². The van der Waals surface area contributed by atoms with Crippen molar-refractivity contribution in [3.63, 3.8) is 0 Å². The highest BCUT2D eigenvalue weighted by Crippen LogP contribution is 2.09. The molecule has 0 bridgehead atoms. The summed E-state index contributed by atoms with van der Waals surface area (Å²) in [6, 6.07) is 5.94. The Hall–Kier alpha value is -1.49. The van der Waals surface area contributed by atoms with Gasteiger partial charge in [-0.3, -0.25) is 4.98 Å². The number of pyridine rings is 1. The maximum absolute atomic E-state index is 4.24. The van der Waals surface area contributed by atoms with Gasteiger partial charge in [-0.25, -0.2) is 4.98 Å². The van der Waals surface area contributed by atoms with Crippen molar-refractivity contribution in [1.82, 2.24) is 14.3 Å². The predicted octanol–water partition coefficient (Wildman–Crippen LogP) is 1.90. The summed E-state index contributed by atoms with van der Waals surface area (Å²) in [7, 11) is 0. The number of hydrogen-bond donors (Lipinski definition) is 1. The Bertz CT molecular complexity index is 412. The minimum atomic E-state index is 0.820. The second-order valence-electron chi connectivity index (χ2n) is 3.14. The van der Waals surface area contributed by atoms with E-state index in [1.54, 1.807) is 0 Å². The summed E-state index contributed by atoms with van der Waals surface area (Å²) in [6.45, 7) is 2.73. The van der Waals surface area contributed by atoms with Gasteiger partial charge >= 0.3 is 0 Å². The summed E-state index contributed by atoms with van der Waals surface area (Å²) in [4.78, 5) is 8.46. The highest BCUT2D eigenvalue weighted by Gasteiger charge is 1.98. The molecular weight excluding hydrogens is 208 g/mol. The zero-order valence-electron chi connectivity index (χ0n) is 8.47. The normalized spacial score (nSPS) is 10.2. The molecule has 0 aliphatic heterocycles. The van der Waals surface area contributed by atoms with E-state index in [-0.39, 0.29) is 0 Å². The number of nitrogens with zero attached hydrogens (tertiary/aromatic N) is 3. The van der Waals surface area contributed by atoms with E-state index in [9.17, 15) is 0 Å². The molecule has 78 valence electrons. The van der Waals surface area contributed by atoms with Crippen molar-refractivity contribution in [1.29, 1.82) is 0 Å². The fraction of sp³-hybridized carbons (Fsp3) is 0.300. The Labute approximate surface area is 92.6 Å². The minimum Gasteiger partial charge on any atom is -0.360 e. The van der Waals surface area contributed by atoms with Crippen LogP contribution in [0.2, 0.25) is 0 Å². The van der Waals surface area contributed by atoms with Crippen LogP contribution in [-0.4, -0.2) is 20.9 Å². The molecule has 0 atom stereocenters.